The molecule has 2 N–H and O–H groups in total. The fraction of sp³-hybridized carbons (Fsp3) is 0.167. The van der Waals surface area contributed by atoms with Crippen molar-refractivity contribution < 1.29 is 9.32 Å². The molecule has 0 fully saturated rings. The molecular formula is C18H16Cl2N4O2. The summed E-state index contributed by atoms with van der Waals surface area (Å²) in [5.74, 6) is 0.993. The number of nitrogens with one attached hydrogen (secondary N) is 2. The van der Waals surface area contributed by atoms with Crippen molar-refractivity contribution in [2.75, 3.05) is 11.9 Å². The molecule has 8 heteroatoms. The second-order valence-electron chi connectivity index (χ2n) is 5.62. The molecule has 0 spiro atoms. The number of halogens is 2. The van der Waals surface area contributed by atoms with Gasteiger partial charge in [0, 0.05) is 34.5 Å². The average molecular weight is 391 g/mol. The molecule has 26 heavy (non-hydrogen) atoms. The Morgan fingerprint density at radius 3 is 2.77 bits per heavy atom. The van der Waals surface area contributed by atoms with Gasteiger partial charge in [-0.15, -0.1) is 0 Å². The van der Waals surface area contributed by atoms with E-state index in [1.807, 2.05) is 6.07 Å². The van der Waals surface area contributed by atoms with Gasteiger partial charge in [-0.3, -0.25) is 9.78 Å². The summed E-state index contributed by atoms with van der Waals surface area (Å²) in [5, 5.41) is 10.9. The Kier molecular flexibility index (Phi) is 5.75. The molecule has 0 unspecified atom stereocenters. The van der Waals surface area contributed by atoms with Gasteiger partial charge in [0.1, 0.15) is 11.5 Å². The highest BCUT2D eigenvalue weighted by Crippen LogP contribution is 2.21. The molecule has 0 saturated carbocycles. The molecule has 0 atom stereocenters. The normalized spacial score (nSPS) is 10.6. The highest BCUT2D eigenvalue weighted by Gasteiger charge is 2.09. The lowest BCUT2D eigenvalue weighted by Gasteiger charge is -2.08. The van der Waals surface area contributed by atoms with Crippen LogP contribution < -0.4 is 10.6 Å². The first-order valence-corrected chi connectivity index (χ1v) is 8.65. The molecule has 134 valence electrons. The smallest absolute Gasteiger partial charge is 0.269 e. The Morgan fingerprint density at radius 1 is 1.19 bits per heavy atom. The highest BCUT2D eigenvalue weighted by atomic mass is 35.5. The maximum Gasteiger partial charge on any atom is 0.269 e. The number of hydrogen-bond donors (Lipinski definition) is 2. The second-order valence-corrected chi connectivity index (χ2v) is 6.46. The number of carbonyl (C=O) groups excluding carboxylic acids is 1. The first-order chi connectivity index (χ1) is 12.5. The molecule has 0 radical (unpaired) electrons. The molecule has 3 rings (SSSR count). The molecule has 2 heterocycles. The van der Waals surface area contributed by atoms with Crippen molar-refractivity contribution in [2.45, 2.75) is 13.3 Å². The Morgan fingerprint density at radius 2 is 2.04 bits per heavy atom. The van der Waals surface area contributed by atoms with Crippen molar-refractivity contribution in [3.05, 3.63) is 69.7 Å². The summed E-state index contributed by atoms with van der Waals surface area (Å²) in [5.41, 5.74) is 1.91. The van der Waals surface area contributed by atoms with Crippen LogP contribution in [0.15, 0.2) is 47.1 Å². The standard InChI is InChI=1S/C18H16Cl2N4O2/c1-11-8-17(24-26-11)23-14-5-7-21-16(10-14)18(25)22-6-4-12-2-3-13(19)9-15(12)20/h2-3,5,7-10H,4,6H2,1H3,(H,22,25)(H,21,23,24). The van der Waals surface area contributed by atoms with Gasteiger partial charge in [0.2, 0.25) is 0 Å². The molecule has 0 bridgehead atoms. The van der Waals surface area contributed by atoms with Gasteiger partial charge in [-0.1, -0.05) is 34.4 Å². The van der Waals surface area contributed by atoms with Gasteiger partial charge in [-0.25, -0.2) is 0 Å². The highest BCUT2D eigenvalue weighted by molar-refractivity contribution is 6.35. The number of hydrogen-bond acceptors (Lipinski definition) is 5. The summed E-state index contributed by atoms with van der Waals surface area (Å²) in [6.45, 7) is 2.23. The maximum absolute atomic E-state index is 12.3. The third-order valence-electron chi connectivity index (χ3n) is 3.59. The molecule has 2 aromatic heterocycles. The Hall–Kier alpha value is -2.57. The van der Waals surface area contributed by atoms with E-state index >= 15 is 0 Å². The van der Waals surface area contributed by atoms with Gasteiger partial charge in [0.25, 0.3) is 5.91 Å². The molecule has 3 aromatic rings. The number of anilines is 2. The van der Waals surface area contributed by atoms with E-state index in [4.69, 9.17) is 27.7 Å². The van der Waals surface area contributed by atoms with E-state index in [0.29, 0.717) is 46.0 Å². The van der Waals surface area contributed by atoms with Crippen molar-refractivity contribution in [1.29, 1.82) is 0 Å². The van der Waals surface area contributed by atoms with Crippen LogP contribution in [-0.4, -0.2) is 22.6 Å². The van der Waals surface area contributed by atoms with Crippen LogP contribution in [0.4, 0.5) is 11.5 Å². The van der Waals surface area contributed by atoms with E-state index < -0.39 is 0 Å². The Labute approximate surface area is 160 Å². The molecule has 1 amide bonds. The fourth-order valence-electron chi connectivity index (χ4n) is 2.33. The minimum absolute atomic E-state index is 0.268. The second kappa shape index (κ2) is 8.21. The number of aromatic nitrogens is 2. The van der Waals surface area contributed by atoms with Crippen LogP contribution >= 0.6 is 23.2 Å². The minimum Gasteiger partial charge on any atom is -0.360 e. The SMILES string of the molecule is Cc1cc(Nc2ccnc(C(=O)NCCc3ccc(Cl)cc3Cl)c2)no1. The zero-order chi connectivity index (χ0) is 18.5. The summed E-state index contributed by atoms with van der Waals surface area (Å²) in [6, 6.07) is 10.5. The van der Waals surface area contributed by atoms with E-state index in [0.717, 1.165) is 5.56 Å². The van der Waals surface area contributed by atoms with E-state index in [9.17, 15) is 4.79 Å². The summed E-state index contributed by atoms with van der Waals surface area (Å²) >= 11 is 12.0. The Bertz CT molecular complexity index is 927. The number of aryl methyl sites for hydroxylation is 1. The predicted molar refractivity (Wildman–Crippen MR) is 101 cm³/mol. The monoisotopic (exact) mass is 390 g/mol. The van der Waals surface area contributed by atoms with Crippen molar-refractivity contribution in [3.8, 4) is 0 Å². The maximum atomic E-state index is 12.3. The minimum atomic E-state index is -0.268. The third kappa shape index (κ3) is 4.74. The van der Waals surface area contributed by atoms with Crippen LogP contribution in [0.5, 0.6) is 0 Å². The molecule has 0 saturated heterocycles. The molecule has 1 aromatic carbocycles. The van der Waals surface area contributed by atoms with Crippen LogP contribution in [0.1, 0.15) is 21.8 Å². The largest absolute Gasteiger partial charge is 0.360 e. The van der Waals surface area contributed by atoms with E-state index in [1.54, 1.807) is 43.5 Å². The van der Waals surface area contributed by atoms with Gasteiger partial charge in [0.15, 0.2) is 5.82 Å². The van der Waals surface area contributed by atoms with Crippen molar-refractivity contribution in [2.24, 2.45) is 0 Å². The van der Waals surface area contributed by atoms with E-state index in [1.165, 1.54) is 0 Å². The summed E-state index contributed by atoms with van der Waals surface area (Å²) in [4.78, 5) is 16.4. The summed E-state index contributed by atoms with van der Waals surface area (Å²) < 4.78 is 5.00. The van der Waals surface area contributed by atoms with E-state index in [-0.39, 0.29) is 5.91 Å². The number of pyridine rings is 1. The van der Waals surface area contributed by atoms with Crippen LogP contribution in [0.2, 0.25) is 10.0 Å². The molecular weight excluding hydrogens is 375 g/mol. The number of benzene rings is 1. The van der Waals surface area contributed by atoms with Crippen molar-refractivity contribution in [3.63, 3.8) is 0 Å². The summed E-state index contributed by atoms with van der Waals surface area (Å²) in [7, 11) is 0. The average Bonchev–Trinajstić information content (AvgIpc) is 3.02. The van der Waals surface area contributed by atoms with Gasteiger partial charge in [-0.05, 0) is 43.2 Å². The number of rotatable bonds is 6. The first kappa shape index (κ1) is 18.2. The zero-order valence-corrected chi connectivity index (χ0v) is 15.4. The van der Waals surface area contributed by atoms with Gasteiger partial charge >= 0.3 is 0 Å². The Balaban J connectivity index is 1.58. The van der Waals surface area contributed by atoms with Crippen LogP contribution in [-0.2, 0) is 6.42 Å². The number of carbonyl (C=O) groups is 1. The lowest BCUT2D eigenvalue weighted by molar-refractivity contribution is 0.0949. The van der Waals surface area contributed by atoms with Crippen LogP contribution in [0, 0.1) is 6.92 Å². The third-order valence-corrected chi connectivity index (χ3v) is 4.17. The fourth-order valence-corrected chi connectivity index (χ4v) is 2.83. The predicted octanol–water partition coefficient (Wildman–Crippen LogP) is 4.40. The quantitative estimate of drug-likeness (QED) is 0.651. The zero-order valence-electron chi connectivity index (χ0n) is 13.9. The molecule has 0 aliphatic carbocycles. The molecule has 0 aliphatic rings. The lowest BCUT2D eigenvalue weighted by atomic mass is 10.1. The summed E-state index contributed by atoms with van der Waals surface area (Å²) in [6.07, 6.45) is 2.15. The molecule has 0 aliphatic heterocycles. The van der Waals surface area contributed by atoms with E-state index in [2.05, 4.69) is 20.8 Å². The van der Waals surface area contributed by atoms with Crippen LogP contribution in [0.3, 0.4) is 0 Å². The van der Waals surface area contributed by atoms with Gasteiger partial charge in [0.05, 0.1) is 0 Å². The number of amides is 1. The van der Waals surface area contributed by atoms with Gasteiger partial charge < -0.3 is 15.2 Å². The van der Waals surface area contributed by atoms with Crippen molar-refractivity contribution in [1.82, 2.24) is 15.5 Å². The molecule has 6 nitrogen and oxygen atoms in total. The lowest BCUT2D eigenvalue weighted by Crippen LogP contribution is -2.26. The van der Waals surface area contributed by atoms with Gasteiger partial charge in [-0.2, -0.15) is 0 Å². The first-order valence-electron chi connectivity index (χ1n) is 7.90. The topological polar surface area (TPSA) is 80.0 Å². The van der Waals surface area contributed by atoms with Crippen molar-refractivity contribution >= 4 is 40.6 Å². The number of nitrogens with zero attached hydrogens (tertiary/aromatic N) is 2. The van der Waals surface area contributed by atoms with Crippen LogP contribution in [0.25, 0.3) is 0 Å².